The Morgan fingerprint density at radius 2 is 1.93 bits per heavy atom. The van der Waals surface area contributed by atoms with Crippen molar-refractivity contribution in [1.82, 2.24) is 14.1 Å². The zero-order valence-corrected chi connectivity index (χ0v) is 16.8. The SMILES string of the molecule is Cc1cccc(-c2cc(=O)n(C)c3ccc(C(c4ccoc4)n4ccnc4)cc23)c1. The minimum absolute atomic E-state index is 0.0206. The first-order valence-corrected chi connectivity index (χ1v) is 9.82. The van der Waals surface area contributed by atoms with E-state index in [0.717, 1.165) is 38.7 Å². The Bertz CT molecular complexity index is 1350. The van der Waals surface area contributed by atoms with E-state index < -0.39 is 0 Å². The number of fused-ring (bicyclic) bond motifs is 1. The molecule has 5 rings (SSSR count). The summed E-state index contributed by atoms with van der Waals surface area (Å²) in [6.45, 7) is 2.06. The molecule has 1 unspecified atom stereocenters. The molecule has 1 atom stereocenters. The third kappa shape index (κ3) is 3.05. The molecule has 3 heterocycles. The van der Waals surface area contributed by atoms with E-state index in [2.05, 4.69) is 46.8 Å². The Kier molecular flexibility index (Phi) is 4.36. The van der Waals surface area contributed by atoms with E-state index in [-0.39, 0.29) is 11.6 Å². The van der Waals surface area contributed by atoms with Gasteiger partial charge in [0, 0.05) is 36.5 Å². The molecule has 5 heteroatoms. The molecule has 2 aromatic carbocycles. The number of hydrogen-bond acceptors (Lipinski definition) is 3. The maximum atomic E-state index is 12.6. The third-order valence-corrected chi connectivity index (χ3v) is 5.60. The van der Waals surface area contributed by atoms with Gasteiger partial charge in [0.2, 0.25) is 0 Å². The fraction of sp³-hybridized carbons (Fsp3) is 0.120. The van der Waals surface area contributed by atoms with Crippen LogP contribution in [0.5, 0.6) is 0 Å². The van der Waals surface area contributed by atoms with Crippen LogP contribution >= 0.6 is 0 Å². The Morgan fingerprint density at radius 1 is 1.03 bits per heavy atom. The van der Waals surface area contributed by atoms with Gasteiger partial charge < -0.3 is 13.6 Å². The van der Waals surface area contributed by atoms with E-state index in [9.17, 15) is 4.79 Å². The van der Waals surface area contributed by atoms with Gasteiger partial charge in [-0.05, 0) is 41.8 Å². The molecule has 0 aliphatic heterocycles. The molecule has 0 aliphatic rings. The normalized spacial score (nSPS) is 12.3. The van der Waals surface area contributed by atoms with E-state index in [1.807, 2.05) is 37.8 Å². The lowest BCUT2D eigenvalue weighted by Gasteiger charge is -2.19. The molecule has 30 heavy (non-hydrogen) atoms. The monoisotopic (exact) mass is 395 g/mol. The maximum Gasteiger partial charge on any atom is 0.251 e. The lowest BCUT2D eigenvalue weighted by atomic mass is 9.94. The van der Waals surface area contributed by atoms with Crippen LogP contribution in [0.4, 0.5) is 0 Å². The molecule has 0 saturated carbocycles. The molecule has 0 aliphatic carbocycles. The summed E-state index contributed by atoms with van der Waals surface area (Å²) in [5.74, 6) is 0. The lowest BCUT2D eigenvalue weighted by molar-refractivity contribution is 0.556. The number of aromatic nitrogens is 3. The molecule has 0 radical (unpaired) electrons. The summed E-state index contributed by atoms with van der Waals surface area (Å²) in [6.07, 6.45) is 8.98. The van der Waals surface area contributed by atoms with Gasteiger partial charge in [-0.25, -0.2) is 4.98 Å². The molecule has 0 N–H and O–H groups in total. The minimum atomic E-state index is -0.0711. The van der Waals surface area contributed by atoms with Gasteiger partial charge in [0.1, 0.15) is 0 Å². The molecular weight excluding hydrogens is 374 g/mol. The summed E-state index contributed by atoms with van der Waals surface area (Å²) >= 11 is 0. The average Bonchev–Trinajstić information content (AvgIpc) is 3.46. The van der Waals surface area contributed by atoms with Crippen molar-refractivity contribution in [3.8, 4) is 11.1 Å². The van der Waals surface area contributed by atoms with Crippen LogP contribution < -0.4 is 5.56 Å². The summed E-state index contributed by atoms with van der Waals surface area (Å²) in [4.78, 5) is 16.9. The minimum Gasteiger partial charge on any atom is -0.472 e. The number of aryl methyl sites for hydroxylation is 2. The first kappa shape index (κ1) is 18.2. The molecule has 0 bridgehead atoms. The van der Waals surface area contributed by atoms with Crippen molar-refractivity contribution in [3.05, 3.63) is 113 Å². The van der Waals surface area contributed by atoms with Gasteiger partial charge in [0.05, 0.1) is 30.4 Å². The van der Waals surface area contributed by atoms with Crippen molar-refractivity contribution in [3.63, 3.8) is 0 Å². The van der Waals surface area contributed by atoms with Crippen LogP contribution in [0.3, 0.4) is 0 Å². The van der Waals surface area contributed by atoms with Crippen LogP contribution in [0.25, 0.3) is 22.0 Å². The number of rotatable bonds is 4. The Morgan fingerprint density at radius 3 is 2.67 bits per heavy atom. The predicted octanol–water partition coefficient (Wildman–Crippen LogP) is 4.94. The molecule has 0 spiro atoms. The number of benzene rings is 2. The van der Waals surface area contributed by atoms with Crippen molar-refractivity contribution in [2.45, 2.75) is 13.0 Å². The average molecular weight is 395 g/mol. The number of nitrogens with zero attached hydrogens (tertiary/aromatic N) is 3. The highest BCUT2D eigenvalue weighted by atomic mass is 16.3. The first-order valence-electron chi connectivity index (χ1n) is 9.82. The zero-order valence-electron chi connectivity index (χ0n) is 16.8. The van der Waals surface area contributed by atoms with E-state index in [0.29, 0.717) is 0 Å². The summed E-state index contributed by atoms with van der Waals surface area (Å²) in [7, 11) is 1.81. The molecular formula is C25H21N3O2. The summed E-state index contributed by atoms with van der Waals surface area (Å²) < 4.78 is 9.12. The van der Waals surface area contributed by atoms with Gasteiger partial charge in [-0.2, -0.15) is 0 Å². The van der Waals surface area contributed by atoms with Crippen LogP contribution in [0.1, 0.15) is 22.7 Å². The van der Waals surface area contributed by atoms with Crippen molar-refractivity contribution < 1.29 is 4.42 Å². The van der Waals surface area contributed by atoms with Gasteiger partial charge in [0.25, 0.3) is 5.56 Å². The number of hydrogen-bond donors (Lipinski definition) is 0. The molecule has 0 fully saturated rings. The summed E-state index contributed by atoms with van der Waals surface area (Å²) in [6, 6.07) is 18.1. The van der Waals surface area contributed by atoms with Gasteiger partial charge in [-0.15, -0.1) is 0 Å². The highest BCUT2D eigenvalue weighted by molar-refractivity contribution is 5.95. The second kappa shape index (κ2) is 7.19. The maximum absolute atomic E-state index is 12.6. The predicted molar refractivity (Wildman–Crippen MR) is 118 cm³/mol. The molecule has 0 amide bonds. The smallest absolute Gasteiger partial charge is 0.251 e. The van der Waals surface area contributed by atoms with Crippen molar-refractivity contribution in [2.75, 3.05) is 0 Å². The zero-order chi connectivity index (χ0) is 20.7. The molecule has 0 saturated heterocycles. The Labute approximate surface area is 173 Å². The third-order valence-electron chi connectivity index (χ3n) is 5.60. The van der Waals surface area contributed by atoms with Crippen LogP contribution in [-0.2, 0) is 7.05 Å². The molecule has 3 aromatic heterocycles. The van der Waals surface area contributed by atoms with Crippen molar-refractivity contribution in [1.29, 1.82) is 0 Å². The number of imidazole rings is 1. The van der Waals surface area contributed by atoms with E-state index >= 15 is 0 Å². The summed E-state index contributed by atoms with van der Waals surface area (Å²) in [5, 5.41) is 1.04. The fourth-order valence-corrected chi connectivity index (χ4v) is 4.09. The first-order chi connectivity index (χ1) is 14.6. The number of furan rings is 1. The Balaban J connectivity index is 1.78. The Hall–Kier alpha value is -3.86. The van der Waals surface area contributed by atoms with Gasteiger partial charge in [-0.1, -0.05) is 35.9 Å². The molecule has 148 valence electrons. The van der Waals surface area contributed by atoms with E-state index in [1.54, 1.807) is 29.4 Å². The standard InChI is InChI=1S/C25H21N3O2/c1-17-4-3-5-18(12-17)21-14-24(29)27(2)23-7-6-19(13-22(21)23)25(20-8-11-30-15-20)28-10-9-26-16-28/h3-16,25H,1-2H3. The molecule has 5 aromatic rings. The number of pyridine rings is 1. The topological polar surface area (TPSA) is 53.0 Å². The highest BCUT2D eigenvalue weighted by Gasteiger charge is 2.19. The van der Waals surface area contributed by atoms with E-state index in [4.69, 9.17) is 4.42 Å². The highest BCUT2D eigenvalue weighted by Crippen LogP contribution is 2.33. The largest absolute Gasteiger partial charge is 0.472 e. The van der Waals surface area contributed by atoms with Crippen LogP contribution in [-0.4, -0.2) is 14.1 Å². The van der Waals surface area contributed by atoms with Gasteiger partial charge >= 0.3 is 0 Å². The van der Waals surface area contributed by atoms with Crippen LogP contribution in [0.15, 0.2) is 95.1 Å². The van der Waals surface area contributed by atoms with Crippen LogP contribution in [0, 0.1) is 6.92 Å². The second-order valence-electron chi connectivity index (χ2n) is 7.57. The lowest BCUT2D eigenvalue weighted by Crippen LogP contribution is -2.17. The van der Waals surface area contributed by atoms with Crippen molar-refractivity contribution in [2.24, 2.45) is 7.05 Å². The van der Waals surface area contributed by atoms with Gasteiger partial charge in [0.15, 0.2) is 0 Å². The summed E-state index contributed by atoms with van der Waals surface area (Å²) in [5.41, 5.74) is 6.15. The van der Waals surface area contributed by atoms with Crippen molar-refractivity contribution >= 4 is 10.9 Å². The second-order valence-corrected chi connectivity index (χ2v) is 7.57. The molecule has 5 nitrogen and oxygen atoms in total. The quantitative estimate of drug-likeness (QED) is 0.433. The van der Waals surface area contributed by atoms with Crippen LogP contribution in [0.2, 0.25) is 0 Å². The fourth-order valence-electron chi connectivity index (χ4n) is 4.09. The van der Waals surface area contributed by atoms with Gasteiger partial charge in [-0.3, -0.25) is 4.79 Å². The van der Waals surface area contributed by atoms with E-state index in [1.165, 1.54) is 0 Å².